The summed E-state index contributed by atoms with van der Waals surface area (Å²) in [5.41, 5.74) is 2.67. The summed E-state index contributed by atoms with van der Waals surface area (Å²) in [4.78, 5) is 24.5. The molecule has 0 spiro atoms. The number of nitrogens with one attached hydrogen (secondary N) is 1. The van der Waals surface area contributed by atoms with Gasteiger partial charge < -0.3 is 15.2 Å². The molecule has 1 amide bonds. The Morgan fingerprint density at radius 1 is 0.964 bits per heavy atom. The number of phenols is 1. The van der Waals surface area contributed by atoms with E-state index in [1.54, 1.807) is 72.8 Å². The van der Waals surface area contributed by atoms with Crippen LogP contribution in [0.15, 0.2) is 72.8 Å². The normalized spacial score (nSPS) is 11.5. The van der Waals surface area contributed by atoms with Crippen molar-refractivity contribution in [2.45, 2.75) is 13.0 Å². The first-order valence-electron chi connectivity index (χ1n) is 8.59. The van der Waals surface area contributed by atoms with Gasteiger partial charge in [-0.25, -0.2) is 4.79 Å². The zero-order chi connectivity index (χ0) is 20.1. The molecule has 0 aromatic heterocycles. The van der Waals surface area contributed by atoms with Gasteiger partial charge in [0, 0.05) is 10.7 Å². The number of benzene rings is 3. The highest BCUT2D eigenvalue weighted by molar-refractivity contribution is 6.30. The van der Waals surface area contributed by atoms with Crippen LogP contribution in [0.5, 0.6) is 5.75 Å². The second-order valence-electron chi connectivity index (χ2n) is 6.17. The number of carbonyl (C=O) groups is 2. The summed E-state index contributed by atoms with van der Waals surface area (Å²) < 4.78 is 5.24. The van der Waals surface area contributed by atoms with Crippen molar-refractivity contribution >= 4 is 29.2 Å². The van der Waals surface area contributed by atoms with Crippen molar-refractivity contribution in [2.24, 2.45) is 0 Å². The number of amides is 1. The lowest BCUT2D eigenvalue weighted by Crippen LogP contribution is -2.30. The molecule has 28 heavy (non-hydrogen) atoms. The summed E-state index contributed by atoms with van der Waals surface area (Å²) in [5.74, 6) is -0.851. The lowest BCUT2D eigenvalue weighted by atomic mass is 10.0. The number of hydrogen-bond donors (Lipinski definition) is 2. The minimum Gasteiger partial charge on any atom is -0.508 e. The van der Waals surface area contributed by atoms with Crippen LogP contribution in [0, 0.1) is 0 Å². The Balaban J connectivity index is 1.62. The third-order valence-corrected chi connectivity index (χ3v) is 4.30. The molecule has 0 aliphatic heterocycles. The van der Waals surface area contributed by atoms with E-state index in [9.17, 15) is 14.7 Å². The molecule has 6 heteroatoms. The van der Waals surface area contributed by atoms with Crippen LogP contribution in [0.2, 0.25) is 5.02 Å². The van der Waals surface area contributed by atoms with Gasteiger partial charge in [-0.3, -0.25) is 4.79 Å². The van der Waals surface area contributed by atoms with E-state index in [0.29, 0.717) is 16.3 Å². The van der Waals surface area contributed by atoms with Crippen molar-refractivity contribution in [3.05, 3.63) is 83.4 Å². The monoisotopic (exact) mass is 395 g/mol. The summed E-state index contributed by atoms with van der Waals surface area (Å²) >= 11 is 5.89. The first-order valence-corrected chi connectivity index (χ1v) is 8.97. The van der Waals surface area contributed by atoms with Crippen LogP contribution in [0.1, 0.15) is 17.3 Å². The van der Waals surface area contributed by atoms with Crippen LogP contribution in [-0.4, -0.2) is 23.1 Å². The smallest absolute Gasteiger partial charge is 0.338 e. The number of carbonyl (C=O) groups excluding carboxylic acids is 2. The van der Waals surface area contributed by atoms with Gasteiger partial charge in [0.15, 0.2) is 6.10 Å². The lowest BCUT2D eigenvalue weighted by molar-refractivity contribution is -0.123. The maximum absolute atomic E-state index is 12.3. The molecular formula is C22H18ClNO4. The molecule has 0 aliphatic rings. The highest BCUT2D eigenvalue weighted by atomic mass is 35.5. The quantitative estimate of drug-likeness (QED) is 0.602. The first-order chi connectivity index (χ1) is 13.4. The van der Waals surface area contributed by atoms with Crippen LogP contribution in [0.25, 0.3) is 11.1 Å². The van der Waals surface area contributed by atoms with Gasteiger partial charge in [0.25, 0.3) is 5.91 Å². The number of hydrogen-bond acceptors (Lipinski definition) is 4. The van der Waals surface area contributed by atoms with Crippen molar-refractivity contribution in [1.29, 1.82) is 0 Å². The molecule has 0 aliphatic carbocycles. The Labute approximate surface area is 167 Å². The van der Waals surface area contributed by atoms with Crippen molar-refractivity contribution in [3.63, 3.8) is 0 Å². The van der Waals surface area contributed by atoms with E-state index in [1.165, 1.54) is 6.92 Å². The molecule has 0 fully saturated rings. The average Bonchev–Trinajstić information content (AvgIpc) is 2.68. The van der Waals surface area contributed by atoms with Crippen molar-refractivity contribution in [3.8, 4) is 16.9 Å². The van der Waals surface area contributed by atoms with E-state index in [1.807, 2.05) is 0 Å². The lowest BCUT2D eigenvalue weighted by Gasteiger charge is -2.14. The van der Waals surface area contributed by atoms with Crippen molar-refractivity contribution in [1.82, 2.24) is 0 Å². The van der Waals surface area contributed by atoms with E-state index in [-0.39, 0.29) is 5.75 Å². The van der Waals surface area contributed by atoms with Gasteiger partial charge in [0.1, 0.15) is 5.75 Å². The van der Waals surface area contributed by atoms with Gasteiger partial charge in [-0.05, 0) is 60.5 Å². The molecule has 2 N–H and O–H groups in total. The molecular weight excluding hydrogens is 378 g/mol. The maximum Gasteiger partial charge on any atom is 0.338 e. The van der Waals surface area contributed by atoms with Gasteiger partial charge in [0.2, 0.25) is 0 Å². The predicted molar refractivity (Wildman–Crippen MR) is 109 cm³/mol. The second kappa shape index (κ2) is 8.59. The Kier molecular flexibility index (Phi) is 5.96. The second-order valence-corrected chi connectivity index (χ2v) is 6.61. The molecule has 3 aromatic carbocycles. The molecule has 0 radical (unpaired) electrons. The minimum atomic E-state index is -0.969. The highest BCUT2D eigenvalue weighted by Gasteiger charge is 2.19. The predicted octanol–water partition coefficient (Wildman–Crippen LogP) is 4.90. The van der Waals surface area contributed by atoms with Crippen LogP contribution in [0.3, 0.4) is 0 Å². The number of ether oxygens (including phenoxy) is 1. The molecule has 5 nitrogen and oxygen atoms in total. The maximum atomic E-state index is 12.3. The molecule has 142 valence electrons. The molecule has 0 unspecified atom stereocenters. The van der Waals surface area contributed by atoms with Gasteiger partial charge in [-0.1, -0.05) is 41.9 Å². The molecule has 0 heterocycles. The summed E-state index contributed by atoms with van der Waals surface area (Å²) in [6, 6.07) is 20.3. The summed E-state index contributed by atoms with van der Waals surface area (Å²) in [5, 5.41) is 12.5. The topological polar surface area (TPSA) is 75.6 Å². The number of phenolic OH excluding ortho intramolecular Hbond substituents is 1. The Morgan fingerprint density at radius 2 is 1.57 bits per heavy atom. The van der Waals surface area contributed by atoms with Crippen molar-refractivity contribution < 1.29 is 19.4 Å². The summed E-state index contributed by atoms with van der Waals surface area (Å²) in [6.07, 6.45) is -0.969. The van der Waals surface area contributed by atoms with Gasteiger partial charge in [-0.2, -0.15) is 0 Å². The zero-order valence-corrected chi connectivity index (χ0v) is 15.8. The number of anilines is 1. The number of esters is 1. The number of halogens is 1. The van der Waals surface area contributed by atoms with Crippen LogP contribution in [0.4, 0.5) is 5.69 Å². The summed E-state index contributed by atoms with van der Waals surface area (Å²) in [7, 11) is 0. The van der Waals surface area contributed by atoms with E-state index < -0.39 is 18.0 Å². The van der Waals surface area contributed by atoms with Crippen LogP contribution in [-0.2, 0) is 9.53 Å². The fourth-order valence-electron chi connectivity index (χ4n) is 2.54. The van der Waals surface area contributed by atoms with E-state index in [0.717, 1.165) is 11.1 Å². The van der Waals surface area contributed by atoms with Crippen LogP contribution >= 0.6 is 11.6 Å². The number of rotatable bonds is 5. The van der Waals surface area contributed by atoms with Crippen LogP contribution < -0.4 is 5.32 Å². The highest BCUT2D eigenvalue weighted by Crippen LogP contribution is 2.22. The molecule has 0 saturated heterocycles. The minimum absolute atomic E-state index is 0.189. The third kappa shape index (κ3) is 4.90. The Morgan fingerprint density at radius 3 is 2.18 bits per heavy atom. The SMILES string of the molecule is C[C@H](OC(=O)c1ccc(-c2ccc(O)cc2)cc1)C(=O)Nc1cccc(Cl)c1. The molecule has 0 bridgehead atoms. The van der Waals surface area contributed by atoms with Gasteiger partial charge in [0.05, 0.1) is 5.56 Å². The zero-order valence-electron chi connectivity index (χ0n) is 15.1. The van der Waals surface area contributed by atoms with E-state index >= 15 is 0 Å². The summed E-state index contributed by atoms with van der Waals surface area (Å²) in [6.45, 7) is 1.50. The molecule has 1 atom stereocenters. The Hall–Kier alpha value is -3.31. The average molecular weight is 396 g/mol. The first kappa shape index (κ1) is 19.5. The fourth-order valence-corrected chi connectivity index (χ4v) is 2.74. The van der Waals surface area contributed by atoms with Gasteiger partial charge in [-0.15, -0.1) is 0 Å². The fraction of sp³-hybridized carbons (Fsp3) is 0.0909. The Bertz CT molecular complexity index is 984. The largest absolute Gasteiger partial charge is 0.508 e. The molecule has 0 saturated carbocycles. The van der Waals surface area contributed by atoms with Crippen molar-refractivity contribution in [2.75, 3.05) is 5.32 Å². The number of aromatic hydroxyl groups is 1. The third-order valence-electron chi connectivity index (χ3n) is 4.07. The standard InChI is InChI=1S/C22H18ClNO4/c1-14(21(26)24-19-4-2-3-18(23)13-19)28-22(27)17-7-5-15(6-8-17)16-9-11-20(25)12-10-16/h2-14,25H,1H3,(H,24,26)/t14-/m0/s1. The molecule has 3 rings (SSSR count). The van der Waals surface area contributed by atoms with Gasteiger partial charge >= 0.3 is 5.97 Å². The van der Waals surface area contributed by atoms with E-state index in [4.69, 9.17) is 16.3 Å². The van der Waals surface area contributed by atoms with E-state index in [2.05, 4.69) is 5.32 Å². The molecule has 3 aromatic rings.